The third-order valence-electron chi connectivity index (χ3n) is 3.58. The molecule has 0 saturated carbocycles. The van der Waals surface area contributed by atoms with Crippen molar-refractivity contribution >= 4 is 21.6 Å². The van der Waals surface area contributed by atoms with E-state index in [1.165, 1.54) is 6.07 Å². The van der Waals surface area contributed by atoms with E-state index in [9.17, 15) is 13.2 Å². The summed E-state index contributed by atoms with van der Waals surface area (Å²) in [5, 5.41) is 2.72. The van der Waals surface area contributed by atoms with E-state index < -0.39 is 10.0 Å². The van der Waals surface area contributed by atoms with Crippen molar-refractivity contribution in [2.45, 2.75) is 24.3 Å². The molecule has 0 aliphatic carbocycles. The Labute approximate surface area is 122 Å². The SMILES string of the molecule is CC1C(=O)Nc2ccc(S(=O)(=O)NCc3cc[nH]c3)cc21. The maximum absolute atomic E-state index is 12.3. The molecule has 1 amide bonds. The number of nitrogens with one attached hydrogen (secondary N) is 3. The summed E-state index contributed by atoms with van der Waals surface area (Å²) in [6.45, 7) is 1.97. The fourth-order valence-electron chi connectivity index (χ4n) is 2.29. The number of aromatic amines is 1. The van der Waals surface area contributed by atoms with Gasteiger partial charge in [-0.05, 0) is 42.3 Å². The lowest BCUT2D eigenvalue weighted by Crippen LogP contribution is -2.23. The summed E-state index contributed by atoms with van der Waals surface area (Å²) in [6, 6.07) is 6.48. The Kier molecular flexibility index (Phi) is 3.30. The lowest BCUT2D eigenvalue weighted by molar-refractivity contribution is -0.116. The molecule has 1 aromatic heterocycles. The van der Waals surface area contributed by atoms with Crippen LogP contribution in [0.25, 0.3) is 0 Å². The second-order valence-electron chi connectivity index (χ2n) is 5.00. The molecule has 7 heteroatoms. The number of hydrogen-bond acceptors (Lipinski definition) is 3. The normalized spacial score (nSPS) is 17.6. The Bertz CT molecular complexity index is 782. The summed E-state index contributed by atoms with van der Waals surface area (Å²) in [6.07, 6.45) is 3.47. The van der Waals surface area contributed by atoms with Crippen LogP contribution in [0.15, 0.2) is 41.6 Å². The highest BCUT2D eigenvalue weighted by Crippen LogP contribution is 2.33. The third kappa shape index (κ3) is 2.57. The summed E-state index contributed by atoms with van der Waals surface area (Å²) < 4.78 is 27.1. The number of benzene rings is 1. The van der Waals surface area contributed by atoms with Crippen LogP contribution in [0.2, 0.25) is 0 Å². The number of carbonyl (C=O) groups excluding carboxylic acids is 1. The van der Waals surface area contributed by atoms with E-state index in [1.807, 2.05) is 0 Å². The van der Waals surface area contributed by atoms with Gasteiger partial charge < -0.3 is 10.3 Å². The molecule has 1 aliphatic heterocycles. The molecule has 0 radical (unpaired) electrons. The third-order valence-corrected chi connectivity index (χ3v) is 4.98. The topological polar surface area (TPSA) is 91.1 Å². The second kappa shape index (κ2) is 5.01. The predicted octanol–water partition coefficient (Wildman–Crippen LogP) is 1.55. The van der Waals surface area contributed by atoms with Crippen LogP contribution in [0.4, 0.5) is 5.69 Å². The molecule has 0 fully saturated rings. The van der Waals surface area contributed by atoms with Crippen LogP contribution in [-0.4, -0.2) is 19.3 Å². The Balaban J connectivity index is 1.85. The largest absolute Gasteiger partial charge is 0.367 e. The first-order valence-electron chi connectivity index (χ1n) is 6.53. The van der Waals surface area contributed by atoms with E-state index >= 15 is 0 Å². The predicted molar refractivity (Wildman–Crippen MR) is 78.3 cm³/mol. The Morgan fingerprint density at radius 2 is 2.10 bits per heavy atom. The molecule has 21 heavy (non-hydrogen) atoms. The molecule has 2 heterocycles. The monoisotopic (exact) mass is 305 g/mol. The van der Waals surface area contributed by atoms with Gasteiger partial charge in [-0.3, -0.25) is 4.79 Å². The molecule has 0 bridgehead atoms. The number of rotatable bonds is 4. The molecule has 1 unspecified atom stereocenters. The zero-order chi connectivity index (χ0) is 15.0. The summed E-state index contributed by atoms with van der Waals surface area (Å²) in [4.78, 5) is 14.6. The number of aromatic nitrogens is 1. The van der Waals surface area contributed by atoms with Crippen molar-refractivity contribution < 1.29 is 13.2 Å². The van der Waals surface area contributed by atoms with Gasteiger partial charge in [0.05, 0.1) is 10.8 Å². The van der Waals surface area contributed by atoms with Gasteiger partial charge in [0.2, 0.25) is 15.9 Å². The van der Waals surface area contributed by atoms with E-state index in [-0.39, 0.29) is 23.3 Å². The van der Waals surface area contributed by atoms with Crippen molar-refractivity contribution in [3.05, 3.63) is 47.8 Å². The van der Waals surface area contributed by atoms with Gasteiger partial charge in [0, 0.05) is 24.6 Å². The number of fused-ring (bicyclic) bond motifs is 1. The highest BCUT2D eigenvalue weighted by atomic mass is 32.2. The first kappa shape index (κ1) is 13.8. The van der Waals surface area contributed by atoms with E-state index in [0.29, 0.717) is 11.3 Å². The molecule has 2 aromatic rings. The van der Waals surface area contributed by atoms with Crippen molar-refractivity contribution in [3.63, 3.8) is 0 Å². The number of carbonyl (C=O) groups is 1. The van der Waals surface area contributed by atoms with Crippen LogP contribution in [0.3, 0.4) is 0 Å². The summed E-state index contributed by atoms with van der Waals surface area (Å²) >= 11 is 0. The zero-order valence-corrected chi connectivity index (χ0v) is 12.2. The lowest BCUT2D eigenvalue weighted by Gasteiger charge is -2.08. The van der Waals surface area contributed by atoms with Crippen LogP contribution in [0.1, 0.15) is 24.0 Å². The Morgan fingerprint density at radius 1 is 1.29 bits per heavy atom. The average Bonchev–Trinajstić information content (AvgIpc) is 3.06. The first-order chi connectivity index (χ1) is 9.97. The molecule has 3 N–H and O–H groups in total. The highest BCUT2D eigenvalue weighted by Gasteiger charge is 2.28. The van der Waals surface area contributed by atoms with Crippen molar-refractivity contribution in [2.24, 2.45) is 0 Å². The van der Waals surface area contributed by atoms with Crippen molar-refractivity contribution in [2.75, 3.05) is 5.32 Å². The molecule has 6 nitrogen and oxygen atoms in total. The smallest absolute Gasteiger partial charge is 0.240 e. The fourth-order valence-corrected chi connectivity index (χ4v) is 3.34. The van der Waals surface area contributed by atoms with E-state index in [0.717, 1.165) is 5.56 Å². The summed E-state index contributed by atoms with van der Waals surface area (Å²) in [7, 11) is -3.60. The van der Waals surface area contributed by atoms with Gasteiger partial charge in [-0.15, -0.1) is 0 Å². The molecule has 0 saturated heterocycles. The molecular weight excluding hydrogens is 290 g/mol. The van der Waals surface area contributed by atoms with Gasteiger partial charge in [-0.2, -0.15) is 0 Å². The second-order valence-corrected chi connectivity index (χ2v) is 6.77. The van der Waals surface area contributed by atoms with Crippen LogP contribution < -0.4 is 10.0 Å². The first-order valence-corrected chi connectivity index (χ1v) is 8.02. The van der Waals surface area contributed by atoms with Gasteiger partial charge in [0.25, 0.3) is 0 Å². The Morgan fingerprint density at radius 3 is 2.81 bits per heavy atom. The number of amides is 1. The zero-order valence-electron chi connectivity index (χ0n) is 11.4. The molecule has 1 aromatic carbocycles. The molecular formula is C14H15N3O3S. The minimum absolute atomic E-state index is 0.111. The van der Waals surface area contributed by atoms with Crippen LogP contribution in [0, 0.1) is 0 Å². The molecule has 1 aliphatic rings. The molecule has 110 valence electrons. The lowest BCUT2D eigenvalue weighted by atomic mass is 10.0. The maximum Gasteiger partial charge on any atom is 0.240 e. The minimum atomic E-state index is -3.60. The summed E-state index contributed by atoms with van der Waals surface area (Å²) in [5.41, 5.74) is 2.24. The van der Waals surface area contributed by atoms with E-state index in [2.05, 4.69) is 15.0 Å². The van der Waals surface area contributed by atoms with Gasteiger partial charge in [-0.1, -0.05) is 0 Å². The van der Waals surface area contributed by atoms with Crippen molar-refractivity contribution in [1.29, 1.82) is 0 Å². The van der Waals surface area contributed by atoms with Crippen LogP contribution in [0.5, 0.6) is 0 Å². The van der Waals surface area contributed by atoms with Gasteiger partial charge in [0.1, 0.15) is 0 Å². The van der Waals surface area contributed by atoms with Gasteiger partial charge in [0.15, 0.2) is 0 Å². The standard InChI is InChI=1S/C14H15N3O3S/c1-9-12-6-11(2-3-13(12)17-14(9)18)21(19,20)16-8-10-4-5-15-7-10/h2-7,9,15-16H,8H2,1H3,(H,17,18). The maximum atomic E-state index is 12.3. The summed E-state index contributed by atoms with van der Waals surface area (Å²) in [5.74, 6) is -0.445. The van der Waals surface area contributed by atoms with Gasteiger partial charge in [-0.25, -0.2) is 13.1 Å². The molecule has 0 spiro atoms. The fraction of sp³-hybridized carbons (Fsp3) is 0.214. The van der Waals surface area contributed by atoms with E-state index in [1.54, 1.807) is 37.5 Å². The quantitative estimate of drug-likeness (QED) is 0.800. The van der Waals surface area contributed by atoms with Crippen molar-refractivity contribution in [1.82, 2.24) is 9.71 Å². The molecule has 3 rings (SSSR count). The highest BCUT2D eigenvalue weighted by molar-refractivity contribution is 7.89. The Hall–Kier alpha value is -2.12. The van der Waals surface area contributed by atoms with Gasteiger partial charge >= 0.3 is 0 Å². The van der Waals surface area contributed by atoms with Crippen LogP contribution >= 0.6 is 0 Å². The number of anilines is 1. The number of hydrogen-bond donors (Lipinski definition) is 3. The van der Waals surface area contributed by atoms with Crippen molar-refractivity contribution in [3.8, 4) is 0 Å². The molecule has 1 atom stereocenters. The van der Waals surface area contributed by atoms with Crippen LogP contribution in [-0.2, 0) is 21.4 Å². The average molecular weight is 305 g/mol. The number of H-pyrrole nitrogens is 1. The minimum Gasteiger partial charge on any atom is -0.367 e. The number of sulfonamides is 1. The van der Waals surface area contributed by atoms with E-state index in [4.69, 9.17) is 0 Å².